The molecule has 0 unspecified atom stereocenters. The van der Waals surface area contributed by atoms with Crippen LogP contribution in [-0.2, 0) is 6.54 Å². The molecule has 30 heavy (non-hydrogen) atoms. The van der Waals surface area contributed by atoms with E-state index in [4.69, 9.17) is 4.42 Å². The first-order valence-electron chi connectivity index (χ1n) is 9.92. The van der Waals surface area contributed by atoms with Crippen LogP contribution < -0.4 is 10.2 Å². The Morgan fingerprint density at radius 3 is 2.40 bits per heavy atom. The molecule has 0 atom stereocenters. The Morgan fingerprint density at radius 2 is 1.73 bits per heavy atom. The number of rotatable bonds is 7. The predicted molar refractivity (Wildman–Crippen MR) is 118 cm³/mol. The van der Waals surface area contributed by atoms with E-state index in [9.17, 15) is 4.79 Å². The van der Waals surface area contributed by atoms with E-state index in [0.717, 1.165) is 17.1 Å². The van der Waals surface area contributed by atoms with Gasteiger partial charge in [-0.3, -0.25) is 9.48 Å². The minimum Gasteiger partial charge on any atom is -0.454 e. The van der Waals surface area contributed by atoms with E-state index in [1.807, 2.05) is 86.8 Å². The van der Waals surface area contributed by atoms with E-state index >= 15 is 0 Å². The summed E-state index contributed by atoms with van der Waals surface area (Å²) < 4.78 is 7.57. The van der Waals surface area contributed by atoms with Crippen LogP contribution in [0, 0.1) is 0 Å². The van der Waals surface area contributed by atoms with Gasteiger partial charge < -0.3 is 14.6 Å². The molecule has 2 aromatic heterocycles. The van der Waals surface area contributed by atoms with Crippen LogP contribution in [0.15, 0.2) is 89.6 Å². The summed E-state index contributed by atoms with van der Waals surface area (Å²) in [7, 11) is 0. The van der Waals surface area contributed by atoms with E-state index in [1.54, 1.807) is 21.8 Å². The molecule has 0 saturated carbocycles. The van der Waals surface area contributed by atoms with Gasteiger partial charge in [0.2, 0.25) is 0 Å². The lowest BCUT2D eigenvalue weighted by atomic mass is 10.2. The Labute approximate surface area is 175 Å². The second-order valence-corrected chi connectivity index (χ2v) is 7.28. The summed E-state index contributed by atoms with van der Waals surface area (Å²) in [5, 5.41) is 7.52. The van der Waals surface area contributed by atoms with E-state index in [2.05, 4.69) is 10.4 Å². The highest BCUT2D eigenvalue weighted by Gasteiger charge is 2.23. The van der Waals surface area contributed by atoms with E-state index in [-0.39, 0.29) is 11.9 Å². The molecule has 0 aliphatic heterocycles. The number of nitrogens with zero attached hydrogens (tertiary/aromatic N) is 3. The molecule has 6 nitrogen and oxygen atoms in total. The minimum atomic E-state index is -0.166. The Hall–Kier alpha value is -3.80. The standard InChI is InChI=1S/C24H24N4O2/c1-18(2)28(21-11-9-20(10-12-21)26-19-7-4-3-5-8-19)24(29)23-14-13-22(30-23)17-27-16-6-15-25-27/h3-16,18,26H,17H2,1-2H3. The van der Waals surface area contributed by atoms with Crippen molar-refractivity contribution in [2.75, 3.05) is 10.2 Å². The van der Waals surface area contributed by atoms with E-state index in [1.165, 1.54) is 0 Å². The molecule has 2 aromatic carbocycles. The smallest absolute Gasteiger partial charge is 0.294 e. The van der Waals surface area contributed by atoms with Crippen molar-refractivity contribution in [2.24, 2.45) is 0 Å². The molecule has 6 heteroatoms. The summed E-state index contributed by atoms with van der Waals surface area (Å²) in [6, 6.07) is 23.2. The zero-order valence-electron chi connectivity index (χ0n) is 17.0. The fourth-order valence-electron chi connectivity index (χ4n) is 3.29. The molecule has 0 spiro atoms. The number of para-hydroxylation sites is 1. The molecule has 4 rings (SSSR count). The first-order valence-corrected chi connectivity index (χ1v) is 9.92. The van der Waals surface area contributed by atoms with Crippen LogP contribution in [0.2, 0.25) is 0 Å². The molecule has 152 valence electrons. The summed E-state index contributed by atoms with van der Waals surface area (Å²) in [5.74, 6) is 0.839. The molecule has 0 fully saturated rings. The van der Waals surface area contributed by atoms with Gasteiger partial charge in [-0.2, -0.15) is 5.10 Å². The lowest BCUT2D eigenvalue weighted by Crippen LogP contribution is -2.36. The lowest BCUT2D eigenvalue weighted by Gasteiger charge is -2.26. The van der Waals surface area contributed by atoms with Crippen LogP contribution in [0.3, 0.4) is 0 Å². The number of amides is 1. The normalized spacial score (nSPS) is 10.9. The molecule has 0 saturated heterocycles. The Kier molecular flexibility index (Phi) is 5.66. The highest BCUT2D eigenvalue weighted by Crippen LogP contribution is 2.25. The van der Waals surface area contributed by atoms with Crippen molar-refractivity contribution < 1.29 is 9.21 Å². The zero-order chi connectivity index (χ0) is 20.9. The third-order valence-electron chi connectivity index (χ3n) is 4.69. The van der Waals surface area contributed by atoms with Crippen molar-refractivity contribution >= 4 is 23.0 Å². The fourth-order valence-corrected chi connectivity index (χ4v) is 3.29. The summed E-state index contributed by atoms with van der Waals surface area (Å²) in [6.45, 7) is 4.46. The van der Waals surface area contributed by atoms with Gasteiger partial charge >= 0.3 is 0 Å². The van der Waals surface area contributed by atoms with Crippen molar-refractivity contribution in [2.45, 2.75) is 26.4 Å². The second kappa shape index (κ2) is 8.69. The number of hydrogen-bond donors (Lipinski definition) is 1. The molecule has 0 aliphatic carbocycles. The van der Waals surface area contributed by atoms with Gasteiger partial charge in [0.05, 0.1) is 6.54 Å². The van der Waals surface area contributed by atoms with Gasteiger partial charge in [0.25, 0.3) is 5.91 Å². The van der Waals surface area contributed by atoms with Crippen LogP contribution in [0.25, 0.3) is 0 Å². The Morgan fingerprint density at radius 1 is 1.00 bits per heavy atom. The molecule has 0 radical (unpaired) electrons. The molecule has 1 amide bonds. The second-order valence-electron chi connectivity index (χ2n) is 7.28. The fraction of sp³-hybridized carbons (Fsp3) is 0.167. The SMILES string of the molecule is CC(C)N(C(=O)c1ccc(Cn2cccn2)o1)c1ccc(Nc2ccccc2)cc1. The number of furan rings is 1. The van der Waals surface area contributed by atoms with Crippen molar-refractivity contribution in [1.82, 2.24) is 9.78 Å². The van der Waals surface area contributed by atoms with Crippen molar-refractivity contribution in [3.63, 3.8) is 0 Å². The molecule has 2 heterocycles. The molecular formula is C24H24N4O2. The topological polar surface area (TPSA) is 63.3 Å². The first kappa shape index (κ1) is 19.5. The molecule has 4 aromatic rings. The summed E-state index contributed by atoms with van der Waals surface area (Å²) in [6.07, 6.45) is 3.57. The number of carbonyl (C=O) groups is 1. The average Bonchev–Trinajstić information content (AvgIpc) is 3.43. The predicted octanol–water partition coefficient (Wildman–Crippen LogP) is 5.32. The summed E-state index contributed by atoms with van der Waals surface area (Å²) in [4.78, 5) is 14.9. The molecule has 1 N–H and O–H groups in total. The number of aromatic nitrogens is 2. The van der Waals surface area contributed by atoms with Crippen LogP contribution in [0.5, 0.6) is 0 Å². The van der Waals surface area contributed by atoms with Gasteiger partial charge in [0.15, 0.2) is 5.76 Å². The van der Waals surface area contributed by atoms with Crippen LogP contribution >= 0.6 is 0 Å². The number of benzene rings is 2. The number of carbonyl (C=O) groups excluding carboxylic acids is 1. The minimum absolute atomic E-state index is 0.0231. The monoisotopic (exact) mass is 400 g/mol. The van der Waals surface area contributed by atoms with Gasteiger partial charge in [0.1, 0.15) is 5.76 Å². The molecular weight excluding hydrogens is 376 g/mol. The Balaban J connectivity index is 1.50. The summed E-state index contributed by atoms with van der Waals surface area (Å²) >= 11 is 0. The van der Waals surface area contributed by atoms with E-state index < -0.39 is 0 Å². The first-order chi connectivity index (χ1) is 14.6. The third-order valence-corrected chi connectivity index (χ3v) is 4.69. The van der Waals surface area contributed by atoms with E-state index in [0.29, 0.717) is 18.1 Å². The number of hydrogen-bond acceptors (Lipinski definition) is 4. The largest absolute Gasteiger partial charge is 0.454 e. The maximum Gasteiger partial charge on any atom is 0.294 e. The molecule has 0 bridgehead atoms. The van der Waals surface area contributed by atoms with Crippen molar-refractivity contribution in [3.8, 4) is 0 Å². The van der Waals surface area contributed by atoms with Gasteiger partial charge in [-0.05, 0) is 68.4 Å². The van der Waals surface area contributed by atoms with Gasteiger partial charge in [0, 0.05) is 35.5 Å². The maximum atomic E-state index is 13.2. The number of nitrogens with one attached hydrogen (secondary N) is 1. The average molecular weight is 400 g/mol. The third kappa shape index (κ3) is 4.43. The van der Waals surface area contributed by atoms with Gasteiger partial charge in [-0.15, -0.1) is 0 Å². The van der Waals surface area contributed by atoms with Crippen molar-refractivity contribution in [3.05, 3.63) is 96.7 Å². The van der Waals surface area contributed by atoms with Crippen LogP contribution in [-0.4, -0.2) is 21.7 Å². The highest BCUT2D eigenvalue weighted by molar-refractivity contribution is 6.04. The lowest BCUT2D eigenvalue weighted by molar-refractivity contribution is 0.0951. The van der Waals surface area contributed by atoms with Crippen LogP contribution in [0.1, 0.15) is 30.2 Å². The molecule has 0 aliphatic rings. The maximum absolute atomic E-state index is 13.2. The quantitative estimate of drug-likeness (QED) is 0.456. The highest BCUT2D eigenvalue weighted by atomic mass is 16.4. The van der Waals surface area contributed by atoms with Gasteiger partial charge in [-0.25, -0.2) is 0 Å². The van der Waals surface area contributed by atoms with Gasteiger partial charge in [-0.1, -0.05) is 18.2 Å². The van der Waals surface area contributed by atoms with Crippen LogP contribution in [0.4, 0.5) is 17.1 Å². The Bertz CT molecular complexity index is 1080. The zero-order valence-corrected chi connectivity index (χ0v) is 17.0. The number of anilines is 3. The van der Waals surface area contributed by atoms with Crippen molar-refractivity contribution in [1.29, 1.82) is 0 Å². The summed E-state index contributed by atoms with van der Waals surface area (Å²) in [5.41, 5.74) is 2.79.